The normalized spacial score (nSPS) is 21.0. The molecular formula is C26H25ClF3NO4S. The molecule has 10 heteroatoms. The van der Waals surface area contributed by atoms with Crippen molar-refractivity contribution in [2.45, 2.75) is 31.3 Å². The van der Waals surface area contributed by atoms with Gasteiger partial charge in [-0.3, -0.25) is 0 Å². The Morgan fingerprint density at radius 2 is 1.67 bits per heavy atom. The first-order valence-corrected chi connectivity index (χ1v) is 13.5. The monoisotopic (exact) mass is 539 g/mol. The fourth-order valence-corrected chi connectivity index (χ4v) is 5.28. The van der Waals surface area contributed by atoms with Gasteiger partial charge < -0.3 is 9.47 Å². The number of sulfonamides is 1. The van der Waals surface area contributed by atoms with Crippen molar-refractivity contribution in [1.29, 1.82) is 0 Å². The highest BCUT2D eigenvalue weighted by molar-refractivity contribution is 7.88. The predicted octanol–water partition coefficient (Wildman–Crippen LogP) is 5.42. The molecule has 4 rings (SSSR count). The lowest BCUT2D eigenvalue weighted by molar-refractivity contribution is -0.186. The van der Waals surface area contributed by atoms with Gasteiger partial charge in [0.1, 0.15) is 11.7 Å². The highest BCUT2D eigenvalue weighted by Gasteiger charge is 2.48. The van der Waals surface area contributed by atoms with E-state index in [-0.39, 0.29) is 31.7 Å². The first-order chi connectivity index (χ1) is 17.1. The van der Waals surface area contributed by atoms with Gasteiger partial charge >= 0.3 is 0 Å². The quantitative estimate of drug-likeness (QED) is 0.359. The van der Waals surface area contributed by atoms with E-state index in [1.807, 2.05) is 30.3 Å². The lowest BCUT2D eigenvalue weighted by Gasteiger charge is -2.47. The first kappa shape index (κ1) is 26.6. The zero-order chi connectivity index (χ0) is 25.9. The topological polar surface area (TPSA) is 55.8 Å². The smallest absolute Gasteiger partial charge is 0.211 e. The molecule has 1 aliphatic heterocycles. The number of benzene rings is 3. The number of rotatable bonds is 8. The number of hydrogen-bond donors (Lipinski definition) is 0. The Labute approximate surface area is 213 Å². The molecule has 36 heavy (non-hydrogen) atoms. The van der Waals surface area contributed by atoms with Crippen LogP contribution in [0.3, 0.4) is 0 Å². The maximum absolute atomic E-state index is 14.4. The molecule has 1 fully saturated rings. The summed E-state index contributed by atoms with van der Waals surface area (Å²) in [5, 5.41) is 0.506. The lowest BCUT2D eigenvalue weighted by Crippen LogP contribution is -2.57. The fourth-order valence-electron chi connectivity index (χ4n) is 4.33. The van der Waals surface area contributed by atoms with E-state index in [0.717, 1.165) is 24.0 Å². The molecule has 5 nitrogen and oxygen atoms in total. The van der Waals surface area contributed by atoms with Crippen LogP contribution < -0.4 is 0 Å². The maximum Gasteiger partial charge on any atom is 0.211 e. The number of piperidine rings is 1. The highest BCUT2D eigenvalue weighted by Crippen LogP contribution is 2.41. The van der Waals surface area contributed by atoms with Crippen molar-refractivity contribution in [3.63, 3.8) is 0 Å². The van der Waals surface area contributed by atoms with Gasteiger partial charge in [0.25, 0.3) is 0 Å². The predicted molar refractivity (Wildman–Crippen MR) is 130 cm³/mol. The van der Waals surface area contributed by atoms with E-state index in [9.17, 15) is 21.6 Å². The number of ether oxygens (including phenoxy) is 2. The summed E-state index contributed by atoms with van der Waals surface area (Å²) in [5.74, 6) is -4.26. The van der Waals surface area contributed by atoms with Crippen LogP contribution in [0.25, 0.3) is 0 Å². The van der Waals surface area contributed by atoms with Crippen LogP contribution in [0.15, 0.2) is 66.7 Å². The molecule has 0 aliphatic carbocycles. The Morgan fingerprint density at radius 3 is 2.33 bits per heavy atom. The maximum atomic E-state index is 14.4. The summed E-state index contributed by atoms with van der Waals surface area (Å²) in [6.45, 7) is -0.145. The average Bonchev–Trinajstić information content (AvgIpc) is 2.86. The van der Waals surface area contributed by atoms with Crippen molar-refractivity contribution in [2.24, 2.45) is 0 Å². The van der Waals surface area contributed by atoms with Crippen LogP contribution in [-0.2, 0) is 38.3 Å². The van der Waals surface area contributed by atoms with Gasteiger partial charge in [-0.1, -0.05) is 60.1 Å². The van der Waals surface area contributed by atoms with Gasteiger partial charge in [0.05, 0.1) is 19.5 Å². The molecular weight excluding hydrogens is 515 g/mol. The molecule has 0 spiro atoms. The van der Waals surface area contributed by atoms with E-state index in [0.29, 0.717) is 10.6 Å². The van der Waals surface area contributed by atoms with Crippen LogP contribution in [0.5, 0.6) is 0 Å². The third-order valence-electron chi connectivity index (χ3n) is 6.32. The summed E-state index contributed by atoms with van der Waals surface area (Å²) >= 11 is 6.11. The Balaban J connectivity index is 1.72. The van der Waals surface area contributed by atoms with Crippen LogP contribution >= 0.6 is 11.6 Å². The molecule has 0 N–H and O–H groups in total. The Morgan fingerprint density at radius 1 is 0.972 bits per heavy atom. The van der Waals surface area contributed by atoms with Gasteiger partial charge in [0.15, 0.2) is 17.5 Å². The molecule has 0 bridgehead atoms. The van der Waals surface area contributed by atoms with Crippen LogP contribution in [0.1, 0.15) is 23.1 Å². The minimum atomic E-state index is -3.58. The Hall–Kier alpha value is -2.43. The van der Waals surface area contributed by atoms with E-state index >= 15 is 0 Å². The van der Waals surface area contributed by atoms with Crippen LogP contribution in [-0.4, -0.2) is 38.2 Å². The molecule has 1 saturated heterocycles. The van der Waals surface area contributed by atoms with Crippen molar-refractivity contribution < 1.29 is 31.1 Å². The number of nitrogens with zero attached hydrogens (tertiary/aromatic N) is 1. The van der Waals surface area contributed by atoms with Gasteiger partial charge in [-0.2, -0.15) is 4.31 Å². The van der Waals surface area contributed by atoms with E-state index in [2.05, 4.69) is 0 Å². The third-order valence-corrected chi connectivity index (χ3v) is 7.84. The Kier molecular flexibility index (Phi) is 8.06. The van der Waals surface area contributed by atoms with Crippen molar-refractivity contribution in [3.05, 3.63) is 106 Å². The van der Waals surface area contributed by atoms with E-state index < -0.39 is 45.8 Å². The van der Waals surface area contributed by atoms with Crippen LogP contribution in [0, 0.1) is 17.5 Å². The van der Waals surface area contributed by atoms with E-state index in [4.69, 9.17) is 21.1 Å². The molecule has 3 aromatic rings. The van der Waals surface area contributed by atoms with Crippen LogP contribution in [0.2, 0.25) is 5.02 Å². The van der Waals surface area contributed by atoms with Gasteiger partial charge in [-0.15, -0.1) is 0 Å². The summed E-state index contributed by atoms with van der Waals surface area (Å²) in [6.07, 6.45) is 0.428. The molecule has 0 radical (unpaired) electrons. The second-order valence-electron chi connectivity index (χ2n) is 8.68. The molecule has 3 aromatic carbocycles. The Bertz CT molecular complexity index is 1310. The van der Waals surface area contributed by atoms with Crippen molar-refractivity contribution >= 4 is 21.6 Å². The summed E-state index contributed by atoms with van der Waals surface area (Å²) in [7, 11) is -3.58. The standard InChI is InChI=1S/C26H25ClF3NO4S/c1-36(32,33)31-14-13-26(20-8-10-21(27)11-9-20,35-16-18-5-3-2-4-6-18)23(15-31)34-17-19-7-12-22(28)25(30)24(19)29/h2-12,23H,13-17H2,1H3. The van der Waals surface area contributed by atoms with Gasteiger partial charge in [0.2, 0.25) is 10.0 Å². The van der Waals surface area contributed by atoms with Crippen LogP contribution in [0.4, 0.5) is 13.2 Å². The number of halogens is 4. The lowest BCUT2D eigenvalue weighted by atomic mass is 9.82. The second-order valence-corrected chi connectivity index (χ2v) is 11.1. The van der Waals surface area contributed by atoms with Crippen molar-refractivity contribution in [2.75, 3.05) is 19.3 Å². The summed E-state index contributed by atoms with van der Waals surface area (Å²) in [6, 6.07) is 18.3. The van der Waals surface area contributed by atoms with Gasteiger partial charge in [-0.05, 0) is 35.7 Å². The largest absolute Gasteiger partial charge is 0.369 e. The summed E-state index contributed by atoms with van der Waals surface area (Å²) < 4.78 is 80.2. The highest BCUT2D eigenvalue weighted by atomic mass is 35.5. The molecule has 2 unspecified atom stereocenters. The molecule has 0 aromatic heterocycles. The fraction of sp³-hybridized carbons (Fsp3) is 0.308. The van der Waals surface area contributed by atoms with Gasteiger partial charge in [0, 0.05) is 23.7 Å². The molecule has 1 aliphatic rings. The SMILES string of the molecule is CS(=O)(=O)N1CCC(OCc2ccccc2)(c2ccc(Cl)cc2)C(OCc2ccc(F)c(F)c2F)C1. The minimum absolute atomic E-state index is 0.0818. The first-order valence-electron chi connectivity index (χ1n) is 11.2. The third kappa shape index (κ3) is 5.76. The van der Waals surface area contributed by atoms with Gasteiger partial charge in [-0.25, -0.2) is 21.6 Å². The zero-order valence-electron chi connectivity index (χ0n) is 19.5. The number of hydrogen-bond acceptors (Lipinski definition) is 4. The summed E-state index contributed by atoms with van der Waals surface area (Å²) in [5.41, 5.74) is 0.267. The molecule has 0 amide bonds. The van der Waals surface area contributed by atoms with E-state index in [1.54, 1.807) is 24.3 Å². The van der Waals surface area contributed by atoms with Crippen molar-refractivity contribution in [1.82, 2.24) is 4.31 Å². The summed E-state index contributed by atoms with van der Waals surface area (Å²) in [4.78, 5) is 0. The second kappa shape index (κ2) is 10.9. The molecule has 2 atom stereocenters. The van der Waals surface area contributed by atoms with E-state index in [1.165, 1.54) is 4.31 Å². The zero-order valence-corrected chi connectivity index (χ0v) is 21.0. The molecule has 1 heterocycles. The molecule has 0 saturated carbocycles. The molecule has 192 valence electrons. The van der Waals surface area contributed by atoms with Crippen molar-refractivity contribution in [3.8, 4) is 0 Å². The average molecular weight is 540 g/mol. The minimum Gasteiger partial charge on any atom is -0.369 e.